The van der Waals surface area contributed by atoms with Gasteiger partial charge < -0.3 is 14.8 Å². The second-order valence-corrected chi connectivity index (χ2v) is 6.53. The first-order chi connectivity index (χ1) is 12.2. The highest BCUT2D eigenvalue weighted by Crippen LogP contribution is 2.36. The first-order valence-corrected chi connectivity index (χ1v) is 8.63. The first-order valence-electron chi connectivity index (χ1n) is 7.82. The summed E-state index contributed by atoms with van der Waals surface area (Å²) < 4.78 is 23.6. The highest BCUT2D eigenvalue weighted by Gasteiger charge is 2.11. The topological polar surface area (TPSA) is 43.4 Å². The van der Waals surface area contributed by atoms with Crippen molar-refractivity contribution in [3.63, 3.8) is 0 Å². The van der Waals surface area contributed by atoms with Gasteiger partial charge in [-0.25, -0.2) is 9.37 Å². The van der Waals surface area contributed by atoms with Crippen LogP contribution in [0.2, 0.25) is 0 Å². The third kappa shape index (κ3) is 4.35. The molecule has 0 saturated heterocycles. The second-order valence-electron chi connectivity index (χ2n) is 5.41. The Balaban J connectivity index is 1.65. The fourth-order valence-electron chi connectivity index (χ4n) is 2.43. The normalized spacial score (nSPS) is 10.7. The summed E-state index contributed by atoms with van der Waals surface area (Å²) in [6, 6.07) is 12.2. The zero-order valence-corrected chi connectivity index (χ0v) is 14.9. The molecule has 1 heterocycles. The van der Waals surface area contributed by atoms with Crippen molar-refractivity contribution in [2.24, 2.45) is 0 Å². The molecule has 130 valence electrons. The van der Waals surface area contributed by atoms with Crippen LogP contribution < -0.4 is 14.8 Å². The van der Waals surface area contributed by atoms with Gasteiger partial charge in [0.1, 0.15) is 22.3 Å². The summed E-state index contributed by atoms with van der Waals surface area (Å²) in [5, 5.41) is 4.30. The van der Waals surface area contributed by atoms with Crippen molar-refractivity contribution in [3.05, 3.63) is 65.0 Å². The number of hydrogen-bond acceptors (Lipinski definition) is 5. The predicted octanol–water partition coefficient (Wildman–Crippen LogP) is 4.26. The number of aromatic nitrogens is 1. The number of hydrogen-bond donors (Lipinski definition) is 1. The SMILES string of the molecule is COc1ccc(-c2cnc(CNCc3ccc(F)cc3)s2)c(OC)c1. The number of nitrogens with one attached hydrogen (secondary N) is 1. The van der Waals surface area contributed by atoms with E-state index in [0.29, 0.717) is 13.1 Å². The molecule has 1 aromatic heterocycles. The van der Waals surface area contributed by atoms with Crippen LogP contribution in [0.1, 0.15) is 10.6 Å². The van der Waals surface area contributed by atoms with Crippen LogP contribution in [0.3, 0.4) is 0 Å². The number of benzene rings is 2. The molecule has 4 nitrogen and oxygen atoms in total. The number of nitrogens with zero attached hydrogens (tertiary/aromatic N) is 1. The van der Waals surface area contributed by atoms with E-state index in [2.05, 4.69) is 10.3 Å². The fourth-order valence-corrected chi connectivity index (χ4v) is 3.35. The van der Waals surface area contributed by atoms with Gasteiger partial charge in [0.05, 0.1) is 19.1 Å². The smallest absolute Gasteiger partial charge is 0.131 e. The van der Waals surface area contributed by atoms with E-state index in [4.69, 9.17) is 9.47 Å². The molecule has 0 saturated carbocycles. The Labute approximate surface area is 150 Å². The molecule has 0 atom stereocenters. The molecule has 0 fully saturated rings. The Bertz CT molecular complexity index is 834. The van der Waals surface area contributed by atoms with Gasteiger partial charge in [-0.15, -0.1) is 11.3 Å². The summed E-state index contributed by atoms with van der Waals surface area (Å²) in [7, 11) is 3.27. The van der Waals surface area contributed by atoms with Crippen molar-refractivity contribution in [1.29, 1.82) is 0 Å². The van der Waals surface area contributed by atoms with Gasteiger partial charge in [0.2, 0.25) is 0 Å². The summed E-state index contributed by atoms with van der Waals surface area (Å²) in [6.45, 7) is 1.32. The lowest BCUT2D eigenvalue weighted by atomic mass is 10.1. The van der Waals surface area contributed by atoms with Gasteiger partial charge in [0.15, 0.2) is 0 Å². The molecule has 0 aliphatic rings. The molecule has 3 aromatic rings. The van der Waals surface area contributed by atoms with Crippen molar-refractivity contribution >= 4 is 11.3 Å². The van der Waals surface area contributed by atoms with Crippen LogP contribution in [0.25, 0.3) is 10.4 Å². The van der Waals surface area contributed by atoms with E-state index in [1.807, 2.05) is 24.4 Å². The van der Waals surface area contributed by atoms with E-state index in [9.17, 15) is 4.39 Å². The maximum atomic E-state index is 12.9. The molecule has 0 spiro atoms. The van der Waals surface area contributed by atoms with Crippen LogP contribution >= 0.6 is 11.3 Å². The van der Waals surface area contributed by atoms with Gasteiger partial charge in [-0.05, 0) is 29.8 Å². The lowest BCUT2D eigenvalue weighted by Crippen LogP contribution is -2.12. The van der Waals surface area contributed by atoms with E-state index in [1.165, 1.54) is 12.1 Å². The number of ether oxygens (including phenoxy) is 2. The summed E-state index contributed by atoms with van der Waals surface area (Å²) in [6.07, 6.45) is 1.85. The van der Waals surface area contributed by atoms with E-state index in [-0.39, 0.29) is 5.82 Å². The zero-order chi connectivity index (χ0) is 17.6. The summed E-state index contributed by atoms with van der Waals surface area (Å²) in [5.74, 6) is 1.29. The molecule has 0 radical (unpaired) electrons. The number of halogens is 1. The fraction of sp³-hybridized carbons (Fsp3) is 0.211. The number of methoxy groups -OCH3 is 2. The van der Waals surface area contributed by atoms with Crippen LogP contribution in [0.15, 0.2) is 48.7 Å². The molecule has 6 heteroatoms. The molecular formula is C19H19FN2O2S. The molecule has 3 rings (SSSR count). The van der Waals surface area contributed by atoms with Crippen molar-refractivity contribution in [3.8, 4) is 21.9 Å². The average molecular weight is 358 g/mol. The van der Waals surface area contributed by atoms with E-state index < -0.39 is 0 Å². The van der Waals surface area contributed by atoms with Gasteiger partial charge in [-0.3, -0.25) is 0 Å². The standard InChI is InChI=1S/C19H19FN2O2S/c1-23-15-7-8-16(17(9-15)24-2)18-11-22-19(25-18)12-21-10-13-3-5-14(20)6-4-13/h3-9,11,21H,10,12H2,1-2H3. The Hall–Kier alpha value is -2.44. The predicted molar refractivity (Wildman–Crippen MR) is 97.6 cm³/mol. The molecule has 0 bridgehead atoms. The Morgan fingerprint density at radius 1 is 1.04 bits per heavy atom. The highest BCUT2D eigenvalue weighted by molar-refractivity contribution is 7.15. The monoisotopic (exact) mass is 358 g/mol. The van der Waals surface area contributed by atoms with E-state index >= 15 is 0 Å². The third-order valence-corrected chi connectivity index (χ3v) is 4.78. The summed E-state index contributed by atoms with van der Waals surface area (Å²) in [5.41, 5.74) is 2.03. The lowest BCUT2D eigenvalue weighted by Gasteiger charge is -2.08. The zero-order valence-electron chi connectivity index (χ0n) is 14.1. The van der Waals surface area contributed by atoms with Gasteiger partial charge in [-0.2, -0.15) is 0 Å². The van der Waals surface area contributed by atoms with Gasteiger partial charge in [0.25, 0.3) is 0 Å². The highest BCUT2D eigenvalue weighted by atomic mass is 32.1. The summed E-state index contributed by atoms with van der Waals surface area (Å²) >= 11 is 1.61. The van der Waals surface area contributed by atoms with Crippen molar-refractivity contribution < 1.29 is 13.9 Å². The van der Waals surface area contributed by atoms with Crippen LogP contribution in [-0.4, -0.2) is 19.2 Å². The van der Waals surface area contributed by atoms with Gasteiger partial charge >= 0.3 is 0 Å². The van der Waals surface area contributed by atoms with E-state index in [1.54, 1.807) is 37.7 Å². The van der Waals surface area contributed by atoms with Crippen LogP contribution in [0, 0.1) is 5.82 Å². The first kappa shape index (κ1) is 17.4. The molecular weight excluding hydrogens is 339 g/mol. The molecule has 2 aromatic carbocycles. The van der Waals surface area contributed by atoms with Gasteiger partial charge in [0, 0.05) is 30.9 Å². The quantitative estimate of drug-likeness (QED) is 0.685. The molecule has 0 aliphatic heterocycles. The maximum absolute atomic E-state index is 12.9. The van der Waals surface area contributed by atoms with Crippen molar-refractivity contribution in [1.82, 2.24) is 10.3 Å². The van der Waals surface area contributed by atoms with Crippen LogP contribution in [-0.2, 0) is 13.1 Å². The second kappa shape index (κ2) is 8.09. The average Bonchev–Trinajstić information content (AvgIpc) is 3.11. The van der Waals surface area contributed by atoms with E-state index in [0.717, 1.165) is 32.5 Å². The van der Waals surface area contributed by atoms with Crippen molar-refractivity contribution in [2.75, 3.05) is 14.2 Å². The molecule has 0 amide bonds. The maximum Gasteiger partial charge on any atom is 0.131 e. The minimum Gasteiger partial charge on any atom is -0.497 e. The molecule has 0 aliphatic carbocycles. The molecule has 25 heavy (non-hydrogen) atoms. The number of rotatable bonds is 7. The third-order valence-electron chi connectivity index (χ3n) is 3.75. The lowest BCUT2D eigenvalue weighted by molar-refractivity contribution is 0.395. The largest absolute Gasteiger partial charge is 0.497 e. The van der Waals surface area contributed by atoms with Crippen LogP contribution in [0.4, 0.5) is 4.39 Å². The van der Waals surface area contributed by atoms with Gasteiger partial charge in [-0.1, -0.05) is 12.1 Å². The Morgan fingerprint density at radius 3 is 2.56 bits per heavy atom. The Kier molecular flexibility index (Phi) is 5.63. The Morgan fingerprint density at radius 2 is 1.84 bits per heavy atom. The molecule has 1 N–H and O–H groups in total. The minimum absolute atomic E-state index is 0.221. The summed E-state index contributed by atoms with van der Waals surface area (Å²) in [4.78, 5) is 5.50. The molecule has 0 unspecified atom stereocenters. The van der Waals surface area contributed by atoms with Crippen molar-refractivity contribution in [2.45, 2.75) is 13.1 Å². The number of thiazole rings is 1. The van der Waals surface area contributed by atoms with Crippen LogP contribution in [0.5, 0.6) is 11.5 Å². The minimum atomic E-state index is -0.221.